The molecule has 49 heavy (non-hydrogen) atoms. The first-order valence-corrected chi connectivity index (χ1v) is 16.9. The summed E-state index contributed by atoms with van der Waals surface area (Å²) in [5.74, 6) is 0. The second kappa shape index (κ2) is 10.0. The van der Waals surface area contributed by atoms with Crippen LogP contribution in [0.5, 0.6) is 0 Å². The van der Waals surface area contributed by atoms with Gasteiger partial charge in [-0.1, -0.05) is 152 Å². The largest absolute Gasteiger partial charge is 0.456 e. The van der Waals surface area contributed by atoms with Crippen LogP contribution in [0, 0.1) is 0 Å². The highest BCUT2D eigenvalue weighted by atomic mass is 16.3. The maximum absolute atomic E-state index is 6.34. The average Bonchev–Trinajstić information content (AvgIpc) is 3.56. The van der Waals surface area contributed by atoms with Crippen molar-refractivity contribution in [3.05, 3.63) is 170 Å². The Morgan fingerprint density at radius 3 is 1.57 bits per heavy atom. The van der Waals surface area contributed by atoms with Crippen LogP contribution in [-0.4, -0.2) is 0 Å². The SMILES string of the molecule is c1ccc2c(c1)ccc1cccc(-c3ccc(-c4c5ccccc5c(-c5cc6cccc7oc8cccc5c8c67)c5ccccc45)cc3)c12. The molecule has 0 amide bonds. The Bertz CT molecular complexity index is 3030. The van der Waals surface area contributed by atoms with Crippen LogP contribution in [0.1, 0.15) is 0 Å². The third-order valence-corrected chi connectivity index (χ3v) is 10.6. The summed E-state index contributed by atoms with van der Waals surface area (Å²) in [5, 5.41) is 15.0. The lowest BCUT2D eigenvalue weighted by Gasteiger charge is -2.19. The molecular formula is C48H28O. The smallest absolute Gasteiger partial charge is 0.136 e. The summed E-state index contributed by atoms with van der Waals surface area (Å²) in [4.78, 5) is 0. The summed E-state index contributed by atoms with van der Waals surface area (Å²) in [6.45, 7) is 0. The van der Waals surface area contributed by atoms with E-state index < -0.39 is 0 Å². The molecule has 11 rings (SSSR count). The fraction of sp³-hybridized carbons (Fsp3) is 0. The molecule has 0 aliphatic carbocycles. The topological polar surface area (TPSA) is 13.1 Å². The molecule has 0 atom stereocenters. The van der Waals surface area contributed by atoms with Gasteiger partial charge in [0.1, 0.15) is 11.2 Å². The number of rotatable bonds is 3. The van der Waals surface area contributed by atoms with Gasteiger partial charge in [0.05, 0.1) is 0 Å². The second-order valence-electron chi connectivity index (χ2n) is 13.2. The fourth-order valence-electron chi connectivity index (χ4n) is 8.52. The normalized spacial score (nSPS) is 12.1. The molecule has 0 radical (unpaired) electrons. The minimum Gasteiger partial charge on any atom is -0.456 e. The molecule has 0 N–H and O–H groups in total. The average molecular weight is 621 g/mol. The molecule has 0 saturated carbocycles. The van der Waals surface area contributed by atoms with Gasteiger partial charge in [-0.25, -0.2) is 0 Å². The number of hydrogen-bond donors (Lipinski definition) is 0. The summed E-state index contributed by atoms with van der Waals surface area (Å²) in [6, 6.07) is 62.1. The van der Waals surface area contributed by atoms with Crippen LogP contribution < -0.4 is 0 Å². The van der Waals surface area contributed by atoms with E-state index in [0.717, 1.165) is 11.2 Å². The molecule has 1 nitrogen and oxygen atoms in total. The molecule has 10 aromatic carbocycles. The lowest BCUT2D eigenvalue weighted by atomic mass is 9.83. The minimum absolute atomic E-state index is 0.940. The van der Waals surface area contributed by atoms with Gasteiger partial charge in [-0.15, -0.1) is 0 Å². The minimum atomic E-state index is 0.940. The van der Waals surface area contributed by atoms with Crippen LogP contribution in [0.3, 0.4) is 0 Å². The molecule has 226 valence electrons. The van der Waals surface area contributed by atoms with Gasteiger partial charge in [0.2, 0.25) is 0 Å². The zero-order valence-corrected chi connectivity index (χ0v) is 26.6. The zero-order valence-electron chi connectivity index (χ0n) is 26.6. The van der Waals surface area contributed by atoms with Gasteiger partial charge in [0.25, 0.3) is 0 Å². The van der Waals surface area contributed by atoms with E-state index in [0.29, 0.717) is 0 Å². The quantitative estimate of drug-likeness (QED) is 0.141. The van der Waals surface area contributed by atoms with Gasteiger partial charge < -0.3 is 4.42 Å². The van der Waals surface area contributed by atoms with Crippen LogP contribution in [0.2, 0.25) is 0 Å². The zero-order chi connectivity index (χ0) is 32.1. The van der Waals surface area contributed by atoms with Crippen molar-refractivity contribution in [3.8, 4) is 33.4 Å². The van der Waals surface area contributed by atoms with E-state index in [1.54, 1.807) is 0 Å². The monoisotopic (exact) mass is 620 g/mol. The highest BCUT2D eigenvalue weighted by molar-refractivity contribution is 6.29. The van der Waals surface area contributed by atoms with Crippen LogP contribution in [0.15, 0.2) is 174 Å². The first kappa shape index (κ1) is 26.6. The van der Waals surface area contributed by atoms with E-state index in [2.05, 4.69) is 170 Å². The highest BCUT2D eigenvalue weighted by Crippen LogP contribution is 2.48. The van der Waals surface area contributed by atoms with Crippen molar-refractivity contribution in [1.82, 2.24) is 0 Å². The molecular weight excluding hydrogens is 593 g/mol. The van der Waals surface area contributed by atoms with E-state index in [4.69, 9.17) is 4.42 Å². The van der Waals surface area contributed by atoms with Gasteiger partial charge in [-0.3, -0.25) is 0 Å². The predicted octanol–water partition coefficient (Wildman–Crippen LogP) is 13.8. The van der Waals surface area contributed by atoms with Gasteiger partial charge in [-0.05, 0) is 105 Å². The van der Waals surface area contributed by atoms with E-state index >= 15 is 0 Å². The molecule has 0 bridgehead atoms. The molecule has 0 unspecified atom stereocenters. The number of furan rings is 1. The molecule has 1 aromatic heterocycles. The van der Waals surface area contributed by atoms with Gasteiger partial charge >= 0.3 is 0 Å². The summed E-state index contributed by atoms with van der Waals surface area (Å²) in [6.07, 6.45) is 0. The number of benzene rings is 10. The Morgan fingerprint density at radius 2 is 0.816 bits per heavy atom. The molecule has 0 fully saturated rings. The van der Waals surface area contributed by atoms with Crippen molar-refractivity contribution in [1.29, 1.82) is 0 Å². The number of fused-ring (bicyclic) bond motifs is 5. The third kappa shape index (κ3) is 3.76. The second-order valence-corrected chi connectivity index (χ2v) is 13.2. The summed E-state index contributed by atoms with van der Waals surface area (Å²) >= 11 is 0. The molecule has 0 aliphatic heterocycles. The first-order chi connectivity index (χ1) is 24.3. The molecule has 0 aliphatic rings. The maximum atomic E-state index is 6.34. The Kier molecular flexibility index (Phi) is 5.45. The molecule has 11 aromatic rings. The fourth-order valence-corrected chi connectivity index (χ4v) is 8.52. The number of hydrogen-bond acceptors (Lipinski definition) is 1. The first-order valence-electron chi connectivity index (χ1n) is 16.9. The Morgan fingerprint density at radius 1 is 0.286 bits per heavy atom. The standard InChI is InChI=1S/C48H28O/c1-2-13-34-29(10-1)22-25-31-11-7-18-35(44(31)34)30-23-26-32(27-24-30)45-36-14-3-5-16-38(36)47(39-17-6-4-15-37(39)45)41-28-33-12-8-20-42-46(33)48-40(41)19-9-21-43(48)49-42/h1-28H. The van der Waals surface area contributed by atoms with Gasteiger partial charge in [-0.2, -0.15) is 0 Å². The van der Waals surface area contributed by atoms with Crippen molar-refractivity contribution in [2.45, 2.75) is 0 Å². The van der Waals surface area contributed by atoms with Crippen molar-refractivity contribution in [2.75, 3.05) is 0 Å². The van der Waals surface area contributed by atoms with Crippen molar-refractivity contribution >= 4 is 75.8 Å². The highest BCUT2D eigenvalue weighted by Gasteiger charge is 2.21. The molecule has 1 heterocycles. The summed E-state index contributed by atoms with van der Waals surface area (Å²) in [7, 11) is 0. The van der Waals surface area contributed by atoms with Crippen LogP contribution in [0.25, 0.3) is 109 Å². The molecule has 1 heteroatoms. The Hall–Kier alpha value is -6.44. The van der Waals surface area contributed by atoms with E-state index in [-0.39, 0.29) is 0 Å². The van der Waals surface area contributed by atoms with Crippen LogP contribution >= 0.6 is 0 Å². The lowest BCUT2D eigenvalue weighted by Crippen LogP contribution is -1.92. The van der Waals surface area contributed by atoms with Gasteiger partial charge in [0.15, 0.2) is 0 Å². The predicted molar refractivity (Wildman–Crippen MR) is 209 cm³/mol. The van der Waals surface area contributed by atoms with Crippen molar-refractivity contribution < 1.29 is 4.42 Å². The summed E-state index contributed by atoms with van der Waals surface area (Å²) in [5.41, 5.74) is 9.37. The van der Waals surface area contributed by atoms with E-state index in [9.17, 15) is 0 Å². The molecule has 0 spiro atoms. The van der Waals surface area contributed by atoms with Crippen LogP contribution in [0.4, 0.5) is 0 Å². The molecule has 0 saturated heterocycles. The van der Waals surface area contributed by atoms with E-state index in [1.165, 1.54) is 98.0 Å². The summed E-state index contributed by atoms with van der Waals surface area (Å²) < 4.78 is 6.34. The van der Waals surface area contributed by atoms with Gasteiger partial charge in [0, 0.05) is 10.8 Å². The van der Waals surface area contributed by atoms with Crippen molar-refractivity contribution in [2.24, 2.45) is 0 Å². The lowest BCUT2D eigenvalue weighted by molar-refractivity contribution is 0.669. The maximum Gasteiger partial charge on any atom is 0.136 e. The van der Waals surface area contributed by atoms with E-state index in [1.807, 2.05) is 0 Å². The van der Waals surface area contributed by atoms with Crippen LogP contribution in [-0.2, 0) is 0 Å². The Balaban J connectivity index is 1.17. The third-order valence-electron chi connectivity index (χ3n) is 10.6. The van der Waals surface area contributed by atoms with Crippen molar-refractivity contribution in [3.63, 3.8) is 0 Å². The Labute approximate surface area is 282 Å².